The molecule has 0 bridgehead atoms. The van der Waals surface area contributed by atoms with E-state index >= 15 is 0 Å². The standard InChI is InChI=1S/C10H12ClFN2O2.ClH/c1-2-16-10(15)8(12)9(13)6-3-4-7(11)14-5-6;/h3-5,8-9H,2,13H2,1H3;1H/t8?,9-;/m0./s1. The van der Waals surface area contributed by atoms with E-state index in [4.69, 9.17) is 17.3 Å². The molecule has 2 N–H and O–H groups in total. The van der Waals surface area contributed by atoms with Gasteiger partial charge in [-0.2, -0.15) is 0 Å². The van der Waals surface area contributed by atoms with Crippen LogP contribution in [0.2, 0.25) is 5.15 Å². The van der Waals surface area contributed by atoms with Crippen molar-refractivity contribution in [1.29, 1.82) is 0 Å². The van der Waals surface area contributed by atoms with E-state index in [1.807, 2.05) is 0 Å². The Labute approximate surface area is 110 Å². The Bertz CT molecular complexity index is 362. The predicted molar refractivity (Wildman–Crippen MR) is 65.0 cm³/mol. The molecule has 1 aromatic rings. The number of aromatic nitrogens is 1. The minimum Gasteiger partial charge on any atom is -0.464 e. The summed E-state index contributed by atoms with van der Waals surface area (Å²) in [7, 11) is 0. The molecule has 0 amide bonds. The van der Waals surface area contributed by atoms with Crippen LogP contribution in [0.5, 0.6) is 0 Å². The predicted octanol–water partition coefficient (Wildman–Crippen LogP) is 2.06. The van der Waals surface area contributed by atoms with E-state index in [0.717, 1.165) is 0 Å². The minimum absolute atomic E-state index is 0. The Morgan fingerprint density at radius 2 is 2.29 bits per heavy atom. The number of hydrogen-bond acceptors (Lipinski definition) is 4. The molecular weight excluding hydrogens is 270 g/mol. The van der Waals surface area contributed by atoms with E-state index in [1.165, 1.54) is 18.3 Å². The van der Waals surface area contributed by atoms with Crippen LogP contribution in [0.15, 0.2) is 18.3 Å². The summed E-state index contributed by atoms with van der Waals surface area (Å²) in [5.74, 6) is -0.968. The van der Waals surface area contributed by atoms with Crippen molar-refractivity contribution in [1.82, 2.24) is 4.98 Å². The molecule has 0 aromatic carbocycles. The summed E-state index contributed by atoms with van der Waals surface area (Å²) in [4.78, 5) is 14.9. The highest BCUT2D eigenvalue weighted by atomic mass is 35.5. The fourth-order valence-electron chi connectivity index (χ4n) is 1.12. The number of alkyl halides is 1. The number of carbonyl (C=O) groups excluding carboxylic acids is 1. The molecule has 1 heterocycles. The highest BCUT2D eigenvalue weighted by Gasteiger charge is 2.27. The molecule has 0 aliphatic carbocycles. The Morgan fingerprint density at radius 1 is 1.65 bits per heavy atom. The minimum atomic E-state index is -1.90. The molecule has 1 aromatic heterocycles. The lowest BCUT2D eigenvalue weighted by Gasteiger charge is -2.15. The molecule has 0 radical (unpaired) electrons. The maximum absolute atomic E-state index is 13.5. The van der Waals surface area contributed by atoms with E-state index in [9.17, 15) is 9.18 Å². The van der Waals surface area contributed by atoms with Gasteiger partial charge in [-0.3, -0.25) is 0 Å². The van der Waals surface area contributed by atoms with Gasteiger partial charge in [-0.15, -0.1) is 12.4 Å². The van der Waals surface area contributed by atoms with Gasteiger partial charge in [0.1, 0.15) is 5.15 Å². The topological polar surface area (TPSA) is 65.2 Å². The second kappa shape index (κ2) is 7.42. The maximum atomic E-state index is 13.5. The van der Waals surface area contributed by atoms with Crippen molar-refractivity contribution >= 4 is 30.0 Å². The van der Waals surface area contributed by atoms with Crippen LogP contribution < -0.4 is 5.73 Å². The highest BCUT2D eigenvalue weighted by Crippen LogP contribution is 2.18. The van der Waals surface area contributed by atoms with Crippen LogP contribution in [0.1, 0.15) is 18.5 Å². The van der Waals surface area contributed by atoms with Crippen LogP contribution in [0.4, 0.5) is 4.39 Å². The monoisotopic (exact) mass is 282 g/mol. The first-order valence-corrected chi connectivity index (χ1v) is 5.11. The number of rotatable bonds is 4. The Morgan fingerprint density at radius 3 is 2.76 bits per heavy atom. The Kier molecular flexibility index (Phi) is 7.03. The van der Waals surface area contributed by atoms with Gasteiger partial charge in [-0.05, 0) is 18.6 Å². The summed E-state index contributed by atoms with van der Waals surface area (Å²) < 4.78 is 18.0. The first-order valence-electron chi connectivity index (χ1n) is 4.74. The van der Waals surface area contributed by atoms with Gasteiger partial charge in [-0.25, -0.2) is 14.2 Å². The smallest absolute Gasteiger partial charge is 0.342 e. The molecule has 17 heavy (non-hydrogen) atoms. The highest BCUT2D eigenvalue weighted by molar-refractivity contribution is 6.29. The summed E-state index contributed by atoms with van der Waals surface area (Å²) >= 11 is 5.57. The quantitative estimate of drug-likeness (QED) is 0.678. The number of ether oxygens (including phenoxy) is 1. The van der Waals surface area contributed by atoms with Crippen LogP contribution in [-0.2, 0) is 9.53 Å². The molecule has 1 unspecified atom stereocenters. The molecule has 2 atom stereocenters. The number of nitrogens with zero attached hydrogens (tertiary/aromatic N) is 1. The van der Waals surface area contributed by atoms with Crippen LogP contribution in [0, 0.1) is 0 Å². The summed E-state index contributed by atoms with van der Waals surface area (Å²) in [6.07, 6.45) is -0.568. The molecule has 4 nitrogen and oxygen atoms in total. The lowest BCUT2D eigenvalue weighted by molar-refractivity contribution is -0.149. The number of hydrogen-bond donors (Lipinski definition) is 1. The Hall–Kier alpha value is -0.910. The third kappa shape index (κ3) is 4.46. The van der Waals surface area contributed by atoms with Gasteiger partial charge < -0.3 is 10.5 Å². The third-order valence-corrected chi connectivity index (χ3v) is 2.19. The third-order valence-electron chi connectivity index (χ3n) is 1.96. The van der Waals surface area contributed by atoms with Gasteiger partial charge in [0.15, 0.2) is 0 Å². The van der Waals surface area contributed by atoms with E-state index in [1.54, 1.807) is 6.92 Å². The Balaban J connectivity index is 0.00000256. The van der Waals surface area contributed by atoms with Gasteiger partial charge >= 0.3 is 5.97 Å². The van der Waals surface area contributed by atoms with Gasteiger partial charge in [0.25, 0.3) is 0 Å². The van der Waals surface area contributed by atoms with E-state index in [0.29, 0.717) is 5.56 Å². The first kappa shape index (κ1) is 16.1. The van der Waals surface area contributed by atoms with Crippen LogP contribution in [0.25, 0.3) is 0 Å². The van der Waals surface area contributed by atoms with Crippen molar-refractivity contribution in [3.63, 3.8) is 0 Å². The number of pyridine rings is 1. The fraction of sp³-hybridized carbons (Fsp3) is 0.400. The van der Waals surface area contributed by atoms with Crippen LogP contribution in [-0.4, -0.2) is 23.7 Å². The molecule has 0 aliphatic heterocycles. The molecule has 0 aliphatic rings. The zero-order chi connectivity index (χ0) is 12.1. The van der Waals surface area contributed by atoms with E-state index in [2.05, 4.69) is 9.72 Å². The molecule has 0 fully saturated rings. The van der Waals surface area contributed by atoms with Gasteiger partial charge in [0.05, 0.1) is 12.6 Å². The van der Waals surface area contributed by atoms with E-state index in [-0.39, 0.29) is 24.2 Å². The van der Waals surface area contributed by atoms with Gasteiger partial charge in [0, 0.05) is 6.20 Å². The zero-order valence-electron chi connectivity index (χ0n) is 9.10. The molecule has 96 valence electrons. The molecule has 0 saturated heterocycles. The lowest BCUT2D eigenvalue weighted by Crippen LogP contribution is -2.31. The molecule has 0 saturated carbocycles. The van der Waals surface area contributed by atoms with Crippen molar-refractivity contribution in [2.24, 2.45) is 5.73 Å². The van der Waals surface area contributed by atoms with Crippen molar-refractivity contribution in [2.75, 3.05) is 6.61 Å². The largest absolute Gasteiger partial charge is 0.464 e. The summed E-state index contributed by atoms with van der Waals surface area (Å²) in [6.45, 7) is 1.71. The number of carbonyl (C=O) groups is 1. The van der Waals surface area contributed by atoms with Gasteiger partial charge in [-0.1, -0.05) is 17.7 Å². The number of nitrogens with two attached hydrogens (primary N) is 1. The molecule has 1 rings (SSSR count). The summed E-state index contributed by atoms with van der Waals surface area (Å²) in [5, 5.41) is 0.280. The second-order valence-electron chi connectivity index (χ2n) is 3.09. The zero-order valence-corrected chi connectivity index (χ0v) is 10.7. The number of halogens is 3. The summed E-state index contributed by atoms with van der Waals surface area (Å²) in [5.41, 5.74) is 5.95. The molecule has 7 heteroatoms. The lowest BCUT2D eigenvalue weighted by atomic mass is 10.1. The average molecular weight is 283 g/mol. The van der Waals surface area contributed by atoms with Crippen LogP contribution in [0.3, 0.4) is 0 Å². The molecule has 0 spiro atoms. The fourth-order valence-corrected chi connectivity index (χ4v) is 1.23. The first-order chi connectivity index (χ1) is 7.56. The van der Waals surface area contributed by atoms with Gasteiger partial charge in [0.2, 0.25) is 6.17 Å². The second-order valence-corrected chi connectivity index (χ2v) is 3.48. The van der Waals surface area contributed by atoms with E-state index < -0.39 is 18.2 Å². The number of esters is 1. The van der Waals surface area contributed by atoms with Crippen molar-refractivity contribution in [3.8, 4) is 0 Å². The summed E-state index contributed by atoms with van der Waals surface area (Å²) in [6, 6.07) is 1.91. The molecular formula is C10H13Cl2FN2O2. The van der Waals surface area contributed by atoms with Crippen LogP contribution >= 0.6 is 24.0 Å². The van der Waals surface area contributed by atoms with Crippen molar-refractivity contribution in [2.45, 2.75) is 19.1 Å². The van der Waals surface area contributed by atoms with Crippen molar-refractivity contribution in [3.05, 3.63) is 29.0 Å². The SMILES string of the molecule is CCOC(=O)C(F)[C@@H](N)c1ccc(Cl)nc1.Cl. The average Bonchev–Trinajstić information content (AvgIpc) is 2.28. The maximum Gasteiger partial charge on any atom is 0.342 e. The normalized spacial score (nSPS) is 13.4. The van der Waals surface area contributed by atoms with Crippen molar-refractivity contribution < 1.29 is 13.9 Å².